The molecular formula is C15H22N6O2S. The molecule has 0 spiro atoms. The van der Waals surface area contributed by atoms with Gasteiger partial charge in [0.15, 0.2) is 11.0 Å². The minimum atomic E-state index is -0.326. The van der Waals surface area contributed by atoms with Gasteiger partial charge in [-0.2, -0.15) is 4.98 Å². The van der Waals surface area contributed by atoms with Crippen molar-refractivity contribution in [2.24, 2.45) is 5.73 Å². The lowest BCUT2D eigenvalue weighted by Gasteiger charge is -2.10. The molecule has 1 aliphatic carbocycles. The van der Waals surface area contributed by atoms with E-state index in [4.69, 9.17) is 10.3 Å². The second kappa shape index (κ2) is 6.92. The molecule has 3 rings (SSSR count). The van der Waals surface area contributed by atoms with Crippen LogP contribution in [-0.4, -0.2) is 30.8 Å². The van der Waals surface area contributed by atoms with E-state index in [0.717, 1.165) is 23.8 Å². The highest BCUT2D eigenvalue weighted by Crippen LogP contribution is 2.41. The minimum Gasteiger partial charge on any atom is -0.370 e. The van der Waals surface area contributed by atoms with Crippen molar-refractivity contribution in [1.82, 2.24) is 24.9 Å². The maximum atomic E-state index is 11.1. The maximum Gasteiger partial charge on any atom is 0.239 e. The second-order valence-corrected chi connectivity index (χ2v) is 7.70. The molecule has 0 saturated heterocycles. The minimum absolute atomic E-state index is 0.0476. The summed E-state index contributed by atoms with van der Waals surface area (Å²) in [6.07, 6.45) is 2.52. The molecule has 1 amide bonds. The predicted molar refractivity (Wildman–Crippen MR) is 88.5 cm³/mol. The fourth-order valence-corrected chi connectivity index (χ4v) is 3.23. The molecule has 130 valence electrons. The molecule has 1 unspecified atom stereocenters. The lowest BCUT2D eigenvalue weighted by Crippen LogP contribution is -2.15. The van der Waals surface area contributed by atoms with Crippen molar-refractivity contribution in [3.05, 3.63) is 17.5 Å². The van der Waals surface area contributed by atoms with Gasteiger partial charge in [0, 0.05) is 24.8 Å². The third-order valence-corrected chi connectivity index (χ3v) is 4.94. The van der Waals surface area contributed by atoms with Crippen molar-refractivity contribution in [1.29, 1.82) is 0 Å². The average molecular weight is 350 g/mol. The molecule has 8 nitrogen and oxygen atoms in total. The van der Waals surface area contributed by atoms with Crippen LogP contribution in [0.4, 0.5) is 0 Å². The first-order valence-electron chi connectivity index (χ1n) is 8.17. The van der Waals surface area contributed by atoms with Gasteiger partial charge >= 0.3 is 0 Å². The molecule has 0 radical (unpaired) electrons. The number of primary amides is 1. The van der Waals surface area contributed by atoms with Gasteiger partial charge in [-0.25, -0.2) is 0 Å². The van der Waals surface area contributed by atoms with Crippen LogP contribution in [0.5, 0.6) is 0 Å². The predicted octanol–water partition coefficient (Wildman–Crippen LogP) is 2.39. The highest BCUT2D eigenvalue weighted by Gasteiger charge is 2.31. The van der Waals surface area contributed by atoms with E-state index in [-0.39, 0.29) is 23.5 Å². The first-order valence-corrected chi connectivity index (χ1v) is 9.05. The van der Waals surface area contributed by atoms with Gasteiger partial charge in [-0.1, -0.05) is 30.8 Å². The molecule has 9 heteroatoms. The van der Waals surface area contributed by atoms with Crippen molar-refractivity contribution in [3.63, 3.8) is 0 Å². The van der Waals surface area contributed by atoms with Crippen LogP contribution in [0.2, 0.25) is 0 Å². The van der Waals surface area contributed by atoms with Gasteiger partial charge < -0.3 is 14.8 Å². The summed E-state index contributed by atoms with van der Waals surface area (Å²) in [4.78, 5) is 15.6. The van der Waals surface area contributed by atoms with Gasteiger partial charge in [-0.05, 0) is 19.8 Å². The molecule has 1 aliphatic rings. The van der Waals surface area contributed by atoms with Crippen LogP contribution in [-0.2, 0) is 11.3 Å². The molecule has 0 aliphatic heterocycles. The average Bonchev–Trinajstić information content (AvgIpc) is 3.10. The zero-order valence-electron chi connectivity index (χ0n) is 14.1. The molecule has 24 heavy (non-hydrogen) atoms. The van der Waals surface area contributed by atoms with E-state index in [1.807, 2.05) is 25.3 Å². The fourth-order valence-electron chi connectivity index (χ4n) is 2.32. The number of carbonyl (C=O) groups excluding carboxylic acids is 1. The summed E-state index contributed by atoms with van der Waals surface area (Å²) in [5, 5.41) is 13.3. The van der Waals surface area contributed by atoms with E-state index in [2.05, 4.69) is 20.3 Å². The van der Waals surface area contributed by atoms with Gasteiger partial charge in [-0.3, -0.25) is 4.79 Å². The number of hydrogen-bond donors (Lipinski definition) is 1. The Balaban J connectivity index is 1.76. The highest BCUT2D eigenvalue weighted by molar-refractivity contribution is 7.99. The normalized spacial score (nSPS) is 15.8. The first-order chi connectivity index (χ1) is 11.5. The molecule has 2 aromatic rings. The lowest BCUT2D eigenvalue weighted by molar-refractivity contribution is -0.118. The summed E-state index contributed by atoms with van der Waals surface area (Å²) in [5.74, 6) is 2.56. The maximum absolute atomic E-state index is 11.1. The number of aromatic nitrogens is 5. The van der Waals surface area contributed by atoms with Crippen LogP contribution in [0, 0.1) is 0 Å². The summed E-state index contributed by atoms with van der Waals surface area (Å²) in [5.41, 5.74) is 5.29. The Labute approximate surface area is 144 Å². The summed E-state index contributed by atoms with van der Waals surface area (Å²) in [6.45, 7) is 6.54. The standard InChI is InChI=1S/C15H22N6O2S/c1-8(2)12-17-14(23-20-12)9(3)24-15-19-18-13(10-4-5-10)21(15)7-6-11(16)22/h8-10H,4-7H2,1-3H3,(H2,16,22). The van der Waals surface area contributed by atoms with E-state index < -0.39 is 0 Å². The number of carbonyl (C=O) groups is 1. The van der Waals surface area contributed by atoms with Gasteiger partial charge in [0.05, 0.1) is 5.25 Å². The Morgan fingerprint density at radius 1 is 1.38 bits per heavy atom. The Morgan fingerprint density at radius 3 is 2.71 bits per heavy atom. The molecule has 0 bridgehead atoms. The smallest absolute Gasteiger partial charge is 0.239 e. The van der Waals surface area contributed by atoms with Crippen molar-refractivity contribution in [2.75, 3.05) is 0 Å². The molecule has 2 N–H and O–H groups in total. The number of nitrogens with zero attached hydrogens (tertiary/aromatic N) is 5. The third-order valence-electron chi connectivity index (χ3n) is 3.87. The second-order valence-electron chi connectivity index (χ2n) is 6.39. The van der Waals surface area contributed by atoms with Crippen LogP contribution in [0.1, 0.15) is 74.7 Å². The monoisotopic (exact) mass is 350 g/mol. The SMILES string of the molecule is CC(C)c1noc(C(C)Sc2nnc(C3CC3)n2CCC(N)=O)n1. The van der Waals surface area contributed by atoms with Crippen molar-refractivity contribution in [2.45, 2.75) is 68.8 Å². The lowest BCUT2D eigenvalue weighted by atomic mass is 10.2. The van der Waals surface area contributed by atoms with Gasteiger partial charge in [0.1, 0.15) is 5.82 Å². The topological polar surface area (TPSA) is 113 Å². The molecule has 1 atom stereocenters. The highest BCUT2D eigenvalue weighted by atomic mass is 32.2. The van der Waals surface area contributed by atoms with Crippen LogP contribution in [0.25, 0.3) is 0 Å². The van der Waals surface area contributed by atoms with Crippen LogP contribution < -0.4 is 5.73 Å². The van der Waals surface area contributed by atoms with Crippen molar-refractivity contribution in [3.8, 4) is 0 Å². The van der Waals surface area contributed by atoms with Crippen molar-refractivity contribution >= 4 is 17.7 Å². The molecule has 1 fully saturated rings. The van der Waals surface area contributed by atoms with Crippen molar-refractivity contribution < 1.29 is 9.32 Å². The molecule has 1 saturated carbocycles. The first kappa shape index (κ1) is 16.9. The van der Waals surface area contributed by atoms with Crippen LogP contribution in [0.3, 0.4) is 0 Å². The van der Waals surface area contributed by atoms with E-state index in [9.17, 15) is 4.79 Å². The summed E-state index contributed by atoms with van der Waals surface area (Å²) >= 11 is 1.51. The number of thioether (sulfide) groups is 1. The number of hydrogen-bond acceptors (Lipinski definition) is 7. The quantitative estimate of drug-likeness (QED) is 0.727. The van der Waals surface area contributed by atoms with E-state index >= 15 is 0 Å². The molecule has 2 heterocycles. The Bertz CT molecular complexity index is 721. The van der Waals surface area contributed by atoms with E-state index in [0.29, 0.717) is 24.2 Å². The van der Waals surface area contributed by atoms with Gasteiger partial charge in [0.25, 0.3) is 0 Å². The van der Waals surface area contributed by atoms with Crippen LogP contribution >= 0.6 is 11.8 Å². The number of amides is 1. The fraction of sp³-hybridized carbons (Fsp3) is 0.667. The Kier molecular flexibility index (Phi) is 4.88. The number of rotatable bonds is 8. The largest absolute Gasteiger partial charge is 0.370 e. The van der Waals surface area contributed by atoms with E-state index in [1.54, 1.807) is 0 Å². The summed E-state index contributed by atoms with van der Waals surface area (Å²) < 4.78 is 7.35. The molecule has 0 aromatic carbocycles. The third kappa shape index (κ3) is 3.77. The van der Waals surface area contributed by atoms with Gasteiger partial charge in [-0.15, -0.1) is 10.2 Å². The zero-order valence-corrected chi connectivity index (χ0v) is 14.9. The van der Waals surface area contributed by atoms with Crippen LogP contribution in [0.15, 0.2) is 9.68 Å². The zero-order chi connectivity index (χ0) is 17.3. The Morgan fingerprint density at radius 2 is 2.12 bits per heavy atom. The van der Waals surface area contributed by atoms with Gasteiger partial charge in [0.2, 0.25) is 11.8 Å². The Hall–Kier alpha value is -1.90. The number of nitrogens with two attached hydrogens (primary N) is 1. The summed E-state index contributed by atoms with van der Waals surface area (Å²) in [6, 6.07) is 0. The summed E-state index contributed by atoms with van der Waals surface area (Å²) in [7, 11) is 0. The molecular weight excluding hydrogens is 328 g/mol. The van der Waals surface area contributed by atoms with E-state index in [1.165, 1.54) is 11.8 Å². The molecule has 2 aromatic heterocycles.